The van der Waals surface area contributed by atoms with Crippen molar-refractivity contribution in [1.29, 1.82) is 0 Å². The van der Waals surface area contributed by atoms with Gasteiger partial charge in [0.1, 0.15) is 11.9 Å². The van der Waals surface area contributed by atoms with Crippen molar-refractivity contribution in [3.05, 3.63) is 54.4 Å². The van der Waals surface area contributed by atoms with Crippen LogP contribution in [0.2, 0.25) is 0 Å². The first-order chi connectivity index (χ1) is 9.36. The number of nitrogens with zero attached hydrogens (tertiary/aromatic N) is 2. The fourth-order valence-electron chi connectivity index (χ4n) is 2.45. The Morgan fingerprint density at radius 3 is 2.95 bits per heavy atom. The number of pyridine rings is 1. The molecule has 1 aliphatic rings. The van der Waals surface area contributed by atoms with Crippen molar-refractivity contribution in [2.24, 2.45) is 0 Å². The zero-order valence-corrected chi connectivity index (χ0v) is 11.1. The molecule has 2 heterocycles. The number of para-hydroxylation sites is 2. The van der Waals surface area contributed by atoms with E-state index in [0.29, 0.717) is 0 Å². The second-order valence-electron chi connectivity index (χ2n) is 4.86. The molecule has 1 atom stereocenters. The van der Waals surface area contributed by atoms with Gasteiger partial charge < -0.3 is 9.64 Å². The van der Waals surface area contributed by atoms with E-state index in [1.54, 1.807) is 0 Å². The van der Waals surface area contributed by atoms with Gasteiger partial charge in [-0.25, -0.2) is 0 Å². The smallest absolute Gasteiger partial charge is 0.143 e. The first kappa shape index (κ1) is 12.0. The van der Waals surface area contributed by atoms with Crippen molar-refractivity contribution < 1.29 is 4.74 Å². The number of fused-ring (bicyclic) bond motifs is 1. The first-order valence-corrected chi connectivity index (χ1v) is 6.76. The lowest BCUT2D eigenvalue weighted by molar-refractivity contribution is 0.188. The highest BCUT2D eigenvalue weighted by molar-refractivity contribution is 5.60. The Labute approximate surface area is 113 Å². The van der Waals surface area contributed by atoms with E-state index in [0.717, 1.165) is 25.3 Å². The van der Waals surface area contributed by atoms with Gasteiger partial charge in [0, 0.05) is 18.9 Å². The molecular weight excluding hydrogens is 236 g/mol. The summed E-state index contributed by atoms with van der Waals surface area (Å²) in [6, 6.07) is 12.4. The normalized spacial score (nSPS) is 17.7. The van der Waals surface area contributed by atoms with Crippen LogP contribution in [0.1, 0.15) is 18.9 Å². The number of hydrogen-bond acceptors (Lipinski definition) is 3. The number of anilines is 1. The lowest BCUT2D eigenvalue weighted by atomic mass is 10.1. The second kappa shape index (κ2) is 5.31. The van der Waals surface area contributed by atoms with Crippen LogP contribution in [0, 0.1) is 0 Å². The molecule has 0 amide bonds. The predicted octanol–water partition coefficient (Wildman–Crippen LogP) is 3.26. The predicted molar refractivity (Wildman–Crippen MR) is 76.4 cm³/mol. The summed E-state index contributed by atoms with van der Waals surface area (Å²) in [5.41, 5.74) is 2.41. The zero-order valence-electron chi connectivity index (χ0n) is 11.1. The Balaban J connectivity index is 1.88. The Morgan fingerprint density at radius 2 is 2.16 bits per heavy atom. The van der Waals surface area contributed by atoms with Crippen LogP contribution >= 0.6 is 0 Å². The summed E-state index contributed by atoms with van der Waals surface area (Å²) >= 11 is 0. The van der Waals surface area contributed by atoms with Crippen LogP contribution in [0.15, 0.2) is 48.8 Å². The van der Waals surface area contributed by atoms with E-state index in [2.05, 4.69) is 35.0 Å². The Hall–Kier alpha value is -2.03. The number of benzene rings is 1. The Bertz CT molecular complexity index is 541. The summed E-state index contributed by atoms with van der Waals surface area (Å²) in [5.74, 6) is 0.990. The van der Waals surface area contributed by atoms with Gasteiger partial charge in [0.25, 0.3) is 0 Å². The van der Waals surface area contributed by atoms with Crippen molar-refractivity contribution in [2.45, 2.75) is 26.0 Å². The largest absolute Gasteiger partial charge is 0.486 e. The molecule has 1 aromatic carbocycles. The number of hydrogen-bond donors (Lipinski definition) is 0. The molecule has 19 heavy (non-hydrogen) atoms. The number of rotatable bonds is 3. The van der Waals surface area contributed by atoms with Gasteiger partial charge >= 0.3 is 0 Å². The van der Waals surface area contributed by atoms with Gasteiger partial charge in [-0.3, -0.25) is 4.98 Å². The molecule has 3 nitrogen and oxygen atoms in total. The molecule has 1 aliphatic heterocycles. The van der Waals surface area contributed by atoms with Crippen molar-refractivity contribution in [3.8, 4) is 5.75 Å². The molecule has 0 aliphatic carbocycles. The van der Waals surface area contributed by atoms with Crippen LogP contribution in [0.3, 0.4) is 0 Å². The Kier molecular flexibility index (Phi) is 3.36. The highest BCUT2D eigenvalue weighted by atomic mass is 16.5. The minimum absolute atomic E-state index is 0.270. The van der Waals surface area contributed by atoms with Gasteiger partial charge in [-0.1, -0.05) is 25.1 Å². The van der Waals surface area contributed by atoms with Crippen LogP contribution in [0.4, 0.5) is 5.69 Å². The third kappa shape index (κ3) is 2.55. The average Bonchev–Trinajstić information content (AvgIpc) is 2.48. The molecule has 98 valence electrons. The maximum atomic E-state index is 5.99. The number of ether oxygens (including phenoxy) is 1. The van der Waals surface area contributed by atoms with Crippen LogP contribution in [0.5, 0.6) is 5.75 Å². The maximum Gasteiger partial charge on any atom is 0.143 e. The molecule has 1 aromatic heterocycles. The third-order valence-electron chi connectivity index (χ3n) is 3.48. The minimum Gasteiger partial charge on any atom is -0.486 e. The summed E-state index contributed by atoms with van der Waals surface area (Å²) in [7, 11) is 0. The van der Waals surface area contributed by atoms with Gasteiger partial charge in [-0.05, 0) is 30.2 Å². The van der Waals surface area contributed by atoms with Crippen molar-refractivity contribution >= 4 is 5.69 Å². The average molecular weight is 254 g/mol. The fraction of sp³-hybridized carbons (Fsp3) is 0.312. The standard InChI is InChI=1S/C16H18N2O/c1-2-14-12-18(11-13-6-5-9-17-10-13)15-7-3-4-8-16(15)19-14/h3-10,14H,2,11-12H2,1H3. The highest BCUT2D eigenvalue weighted by Crippen LogP contribution is 2.34. The van der Waals surface area contributed by atoms with Crippen molar-refractivity contribution in [1.82, 2.24) is 4.98 Å². The van der Waals surface area contributed by atoms with E-state index in [1.165, 1.54) is 11.3 Å². The van der Waals surface area contributed by atoms with Gasteiger partial charge in [0.15, 0.2) is 0 Å². The third-order valence-corrected chi connectivity index (χ3v) is 3.48. The molecule has 0 spiro atoms. The van der Waals surface area contributed by atoms with E-state index in [9.17, 15) is 0 Å². The summed E-state index contributed by atoms with van der Waals surface area (Å²) in [5, 5.41) is 0. The summed E-state index contributed by atoms with van der Waals surface area (Å²) in [6.07, 6.45) is 5.04. The highest BCUT2D eigenvalue weighted by Gasteiger charge is 2.24. The molecule has 3 rings (SSSR count). The zero-order chi connectivity index (χ0) is 13.1. The summed E-state index contributed by atoms with van der Waals surface area (Å²) in [4.78, 5) is 6.57. The van der Waals surface area contributed by atoms with Gasteiger partial charge in [0.2, 0.25) is 0 Å². The second-order valence-corrected chi connectivity index (χ2v) is 4.86. The topological polar surface area (TPSA) is 25.4 Å². The molecule has 0 fully saturated rings. The Morgan fingerprint density at radius 1 is 1.26 bits per heavy atom. The number of aromatic nitrogens is 1. The fourth-order valence-corrected chi connectivity index (χ4v) is 2.45. The van der Waals surface area contributed by atoms with Crippen molar-refractivity contribution in [3.63, 3.8) is 0 Å². The van der Waals surface area contributed by atoms with E-state index in [1.807, 2.05) is 30.6 Å². The van der Waals surface area contributed by atoms with E-state index < -0.39 is 0 Å². The lowest BCUT2D eigenvalue weighted by Gasteiger charge is -2.36. The van der Waals surface area contributed by atoms with Crippen LogP contribution < -0.4 is 9.64 Å². The van der Waals surface area contributed by atoms with E-state index in [4.69, 9.17) is 4.74 Å². The summed E-state index contributed by atoms with van der Waals surface area (Å²) in [6.45, 7) is 3.98. The molecule has 0 bridgehead atoms. The monoisotopic (exact) mass is 254 g/mol. The molecule has 0 saturated carbocycles. The molecule has 1 unspecified atom stereocenters. The molecule has 0 N–H and O–H groups in total. The first-order valence-electron chi connectivity index (χ1n) is 6.76. The SMILES string of the molecule is CCC1CN(Cc2cccnc2)c2ccccc2O1. The van der Waals surface area contributed by atoms with E-state index in [-0.39, 0.29) is 6.10 Å². The molecular formula is C16H18N2O. The van der Waals surface area contributed by atoms with Crippen LogP contribution in [-0.4, -0.2) is 17.6 Å². The van der Waals surface area contributed by atoms with Gasteiger partial charge in [0.05, 0.1) is 12.2 Å². The van der Waals surface area contributed by atoms with Crippen molar-refractivity contribution in [2.75, 3.05) is 11.4 Å². The minimum atomic E-state index is 0.270. The summed E-state index contributed by atoms with van der Waals surface area (Å²) < 4.78 is 5.99. The molecule has 3 heteroatoms. The van der Waals surface area contributed by atoms with Gasteiger partial charge in [-0.2, -0.15) is 0 Å². The quantitative estimate of drug-likeness (QED) is 0.840. The molecule has 2 aromatic rings. The van der Waals surface area contributed by atoms with E-state index >= 15 is 0 Å². The lowest BCUT2D eigenvalue weighted by Crippen LogP contribution is -2.39. The maximum absolute atomic E-state index is 5.99. The molecule has 0 radical (unpaired) electrons. The van der Waals surface area contributed by atoms with Crippen LogP contribution in [-0.2, 0) is 6.54 Å². The van der Waals surface area contributed by atoms with Crippen LogP contribution in [0.25, 0.3) is 0 Å². The molecule has 0 saturated heterocycles. The van der Waals surface area contributed by atoms with Gasteiger partial charge in [-0.15, -0.1) is 0 Å².